The van der Waals surface area contributed by atoms with Crippen LogP contribution in [0.4, 0.5) is 0 Å². The van der Waals surface area contributed by atoms with Crippen molar-refractivity contribution in [1.29, 1.82) is 0 Å². The number of fused-ring (bicyclic) bond motifs is 1. The van der Waals surface area contributed by atoms with Crippen molar-refractivity contribution >= 4 is 11.0 Å². The van der Waals surface area contributed by atoms with Crippen LogP contribution in [0.5, 0.6) is 0 Å². The lowest BCUT2D eigenvalue weighted by Gasteiger charge is -2.23. The highest BCUT2D eigenvalue weighted by atomic mass is 16.3. The summed E-state index contributed by atoms with van der Waals surface area (Å²) in [6.45, 7) is 3.26. The summed E-state index contributed by atoms with van der Waals surface area (Å²) in [4.78, 5) is 0. The van der Waals surface area contributed by atoms with Gasteiger partial charge in [-0.05, 0) is 31.7 Å². The minimum Gasteiger partial charge on any atom is -0.464 e. The molecule has 2 aromatic rings. The lowest BCUT2D eigenvalue weighted by Crippen LogP contribution is -2.32. The Balaban J connectivity index is 1.60. The Labute approximate surface area is 121 Å². The SMILES string of the molecule is C[C@@H](NCc1coc2ccccc12)C1CCCCCC1. The normalized spacial score (nSPS) is 19.1. The van der Waals surface area contributed by atoms with Crippen LogP contribution >= 0.6 is 0 Å². The van der Waals surface area contributed by atoms with E-state index >= 15 is 0 Å². The molecule has 108 valence electrons. The molecular weight excluding hydrogens is 246 g/mol. The zero-order chi connectivity index (χ0) is 13.8. The Bertz CT molecular complexity index is 537. The molecule has 20 heavy (non-hydrogen) atoms. The van der Waals surface area contributed by atoms with Crippen molar-refractivity contribution in [1.82, 2.24) is 5.32 Å². The van der Waals surface area contributed by atoms with Gasteiger partial charge in [-0.25, -0.2) is 0 Å². The Kier molecular flexibility index (Phi) is 4.41. The molecule has 1 N–H and O–H groups in total. The lowest BCUT2D eigenvalue weighted by atomic mass is 9.93. The fourth-order valence-corrected chi connectivity index (χ4v) is 3.42. The smallest absolute Gasteiger partial charge is 0.134 e. The maximum atomic E-state index is 5.61. The van der Waals surface area contributed by atoms with Crippen molar-refractivity contribution in [2.75, 3.05) is 0 Å². The molecule has 1 aliphatic rings. The Hall–Kier alpha value is -1.28. The molecule has 3 rings (SSSR count). The Morgan fingerprint density at radius 1 is 1.15 bits per heavy atom. The number of benzene rings is 1. The largest absolute Gasteiger partial charge is 0.464 e. The molecule has 1 atom stereocenters. The zero-order valence-electron chi connectivity index (χ0n) is 12.4. The maximum absolute atomic E-state index is 5.61. The minimum atomic E-state index is 0.599. The van der Waals surface area contributed by atoms with E-state index in [-0.39, 0.29) is 0 Å². The number of hydrogen-bond acceptors (Lipinski definition) is 2. The number of hydrogen-bond donors (Lipinski definition) is 1. The first kappa shape index (κ1) is 13.7. The average Bonchev–Trinajstić information content (AvgIpc) is 2.70. The summed E-state index contributed by atoms with van der Waals surface area (Å²) in [6.07, 6.45) is 10.3. The monoisotopic (exact) mass is 271 g/mol. The molecule has 1 aromatic carbocycles. The molecule has 1 fully saturated rings. The first-order valence-corrected chi connectivity index (χ1v) is 8.03. The molecule has 1 saturated carbocycles. The molecule has 1 aliphatic carbocycles. The highest BCUT2D eigenvalue weighted by Crippen LogP contribution is 2.26. The van der Waals surface area contributed by atoms with Gasteiger partial charge in [-0.2, -0.15) is 0 Å². The summed E-state index contributed by atoms with van der Waals surface area (Å²) >= 11 is 0. The van der Waals surface area contributed by atoms with E-state index < -0.39 is 0 Å². The average molecular weight is 271 g/mol. The lowest BCUT2D eigenvalue weighted by molar-refractivity contribution is 0.336. The van der Waals surface area contributed by atoms with Gasteiger partial charge in [0.1, 0.15) is 5.58 Å². The molecular formula is C18H25NO. The predicted octanol–water partition coefficient (Wildman–Crippen LogP) is 4.88. The number of para-hydroxylation sites is 1. The molecule has 0 aliphatic heterocycles. The summed E-state index contributed by atoms with van der Waals surface area (Å²) in [7, 11) is 0. The fraction of sp³-hybridized carbons (Fsp3) is 0.556. The molecule has 0 spiro atoms. The van der Waals surface area contributed by atoms with Gasteiger partial charge < -0.3 is 9.73 Å². The van der Waals surface area contributed by atoms with Gasteiger partial charge in [-0.3, -0.25) is 0 Å². The molecule has 0 unspecified atom stereocenters. The van der Waals surface area contributed by atoms with Gasteiger partial charge in [0.25, 0.3) is 0 Å². The second kappa shape index (κ2) is 6.45. The van der Waals surface area contributed by atoms with E-state index in [9.17, 15) is 0 Å². The van der Waals surface area contributed by atoms with Gasteiger partial charge in [0.05, 0.1) is 6.26 Å². The maximum Gasteiger partial charge on any atom is 0.134 e. The van der Waals surface area contributed by atoms with Crippen LogP contribution in [-0.4, -0.2) is 6.04 Å². The van der Waals surface area contributed by atoms with Crippen molar-refractivity contribution < 1.29 is 4.42 Å². The van der Waals surface area contributed by atoms with Crippen LogP contribution in [0.2, 0.25) is 0 Å². The third-order valence-corrected chi connectivity index (χ3v) is 4.78. The van der Waals surface area contributed by atoms with E-state index in [2.05, 4.69) is 24.4 Å². The number of furan rings is 1. The molecule has 1 heterocycles. The molecule has 0 amide bonds. The number of rotatable bonds is 4. The van der Waals surface area contributed by atoms with Crippen LogP contribution < -0.4 is 5.32 Å². The van der Waals surface area contributed by atoms with Crippen LogP contribution in [0.25, 0.3) is 11.0 Å². The molecule has 2 nitrogen and oxygen atoms in total. The third-order valence-electron chi connectivity index (χ3n) is 4.78. The molecule has 0 bridgehead atoms. The van der Waals surface area contributed by atoms with Crippen molar-refractivity contribution in [3.8, 4) is 0 Å². The van der Waals surface area contributed by atoms with Crippen LogP contribution in [0.1, 0.15) is 51.0 Å². The summed E-state index contributed by atoms with van der Waals surface area (Å²) < 4.78 is 5.61. The van der Waals surface area contributed by atoms with E-state index in [0.29, 0.717) is 6.04 Å². The molecule has 1 aromatic heterocycles. The van der Waals surface area contributed by atoms with E-state index in [1.807, 2.05) is 18.4 Å². The van der Waals surface area contributed by atoms with Gasteiger partial charge in [0, 0.05) is 23.5 Å². The quantitative estimate of drug-likeness (QED) is 0.802. The Morgan fingerprint density at radius 2 is 1.90 bits per heavy atom. The van der Waals surface area contributed by atoms with Crippen molar-refractivity contribution in [2.24, 2.45) is 5.92 Å². The summed E-state index contributed by atoms with van der Waals surface area (Å²) in [5.41, 5.74) is 2.27. The van der Waals surface area contributed by atoms with Crippen LogP contribution in [0, 0.1) is 5.92 Å². The van der Waals surface area contributed by atoms with Gasteiger partial charge in [-0.1, -0.05) is 43.9 Å². The third kappa shape index (κ3) is 3.06. The molecule has 0 radical (unpaired) electrons. The highest BCUT2D eigenvalue weighted by molar-refractivity contribution is 5.80. The van der Waals surface area contributed by atoms with Crippen LogP contribution in [0.3, 0.4) is 0 Å². The standard InChI is InChI=1S/C18H25NO/c1-14(15-8-4-2-3-5-9-15)19-12-16-13-20-18-11-7-6-10-17(16)18/h6-7,10-11,13-15,19H,2-5,8-9,12H2,1H3/t14-/m1/s1. The minimum absolute atomic E-state index is 0.599. The van der Waals surface area contributed by atoms with Crippen molar-refractivity contribution in [2.45, 2.75) is 58.0 Å². The van der Waals surface area contributed by atoms with Gasteiger partial charge in [0.15, 0.2) is 0 Å². The molecule has 0 saturated heterocycles. The van der Waals surface area contributed by atoms with Crippen LogP contribution in [0.15, 0.2) is 34.9 Å². The first-order chi connectivity index (χ1) is 9.84. The number of nitrogens with one attached hydrogen (secondary N) is 1. The highest BCUT2D eigenvalue weighted by Gasteiger charge is 2.18. The summed E-state index contributed by atoms with van der Waals surface area (Å²) in [5.74, 6) is 0.843. The predicted molar refractivity (Wildman–Crippen MR) is 83.7 cm³/mol. The first-order valence-electron chi connectivity index (χ1n) is 8.03. The van der Waals surface area contributed by atoms with Gasteiger partial charge in [-0.15, -0.1) is 0 Å². The summed E-state index contributed by atoms with van der Waals surface area (Å²) in [6, 6.07) is 8.88. The molecule has 2 heteroatoms. The topological polar surface area (TPSA) is 25.2 Å². The van der Waals surface area contributed by atoms with Crippen molar-refractivity contribution in [3.05, 3.63) is 36.1 Å². The van der Waals surface area contributed by atoms with Gasteiger partial charge >= 0.3 is 0 Å². The van der Waals surface area contributed by atoms with Crippen molar-refractivity contribution in [3.63, 3.8) is 0 Å². The van der Waals surface area contributed by atoms with E-state index in [1.165, 1.54) is 49.5 Å². The fourth-order valence-electron chi connectivity index (χ4n) is 3.42. The zero-order valence-corrected chi connectivity index (χ0v) is 12.4. The van der Waals surface area contributed by atoms with E-state index in [1.54, 1.807) is 0 Å². The van der Waals surface area contributed by atoms with E-state index in [4.69, 9.17) is 4.42 Å². The second-order valence-electron chi connectivity index (χ2n) is 6.18. The Morgan fingerprint density at radius 3 is 2.70 bits per heavy atom. The van der Waals surface area contributed by atoms with E-state index in [0.717, 1.165) is 18.0 Å². The summed E-state index contributed by atoms with van der Waals surface area (Å²) in [5, 5.41) is 4.96. The second-order valence-corrected chi connectivity index (χ2v) is 6.18. The van der Waals surface area contributed by atoms with Crippen LogP contribution in [-0.2, 0) is 6.54 Å². The van der Waals surface area contributed by atoms with Gasteiger partial charge in [0.2, 0.25) is 0 Å².